The zero-order chi connectivity index (χ0) is 22.7. The molecule has 2 aliphatic rings. The molecule has 0 N–H and O–H groups in total. The van der Waals surface area contributed by atoms with Crippen molar-refractivity contribution in [2.75, 3.05) is 19.7 Å². The van der Waals surface area contributed by atoms with E-state index < -0.39 is 0 Å². The van der Waals surface area contributed by atoms with Crippen LogP contribution in [0.15, 0.2) is 35.9 Å². The van der Waals surface area contributed by atoms with Gasteiger partial charge in [0.2, 0.25) is 5.88 Å². The summed E-state index contributed by atoms with van der Waals surface area (Å²) in [5.74, 6) is 0.00488. The monoisotopic (exact) mass is 454 g/mol. The molecule has 1 amide bonds. The molecule has 2 heterocycles. The summed E-state index contributed by atoms with van der Waals surface area (Å²) in [5, 5.41) is 0.710. The number of halogens is 1. The predicted octanol–water partition coefficient (Wildman–Crippen LogP) is 5.20. The summed E-state index contributed by atoms with van der Waals surface area (Å²) in [4.78, 5) is 30.5. The number of carbonyl (C=O) groups excluding carboxylic acids is 2. The summed E-state index contributed by atoms with van der Waals surface area (Å²) < 4.78 is 10.6. The van der Waals surface area contributed by atoms with Crippen LogP contribution in [0.2, 0.25) is 5.02 Å². The van der Waals surface area contributed by atoms with E-state index in [0.717, 1.165) is 48.1 Å². The first-order valence-electron chi connectivity index (χ1n) is 11.1. The van der Waals surface area contributed by atoms with Gasteiger partial charge in [-0.1, -0.05) is 36.2 Å². The standard InChI is InChI=1S/C25H27ClN2O4/c1-3-22(29)32-21-10-7-17-5-6-18-15-19(26)8-9-20(18)23(24(17)27-21)16-11-13-28(14-12-16)25(30)31-4-2/h7-10,15H,3-6,11-14H2,1-2H3. The molecule has 32 heavy (non-hydrogen) atoms. The number of nitrogens with zero attached hydrogens (tertiary/aromatic N) is 2. The van der Waals surface area contributed by atoms with E-state index in [9.17, 15) is 9.59 Å². The molecule has 6 nitrogen and oxygen atoms in total. The third-order valence-electron chi connectivity index (χ3n) is 5.94. The fraction of sp³-hybridized carbons (Fsp3) is 0.400. The maximum absolute atomic E-state index is 12.2. The molecule has 1 aromatic carbocycles. The molecule has 1 aliphatic carbocycles. The van der Waals surface area contributed by atoms with Gasteiger partial charge in [-0.15, -0.1) is 0 Å². The highest BCUT2D eigenvalue weighted by Gasteiger charge is 2.27. The van der Waals surface area contributed by atoms with Crippen molar-refractivity contribution in [3.8, 4) is 5.88 Å². The Morgan fingerprint density at radius 1 is 1.03 bits per heavy atom. The van der Waals surface area contributed by atoms with Crippen molar-refractivity contribution >= 4 is 29.2 Å². The third kappa shape index (κ3) is 4.65. The maximum atomic E-state index is 12.2. The number of pyridine rings is 1. The second-order valence-corrected chi connectivity index (χ2v) is 8.39. The summed E-state index contributed by atoms with van der Waals surface area (Å²) in [6, 6.07) is 9.75. The van der Waals surface area contributed by atoms with Crippen molar-refractivity contribution in [1.29, 1.82) is 0 Å². The number of amides is 1. The van der Waals surface area contributed by atoms with E-state index in [1.165, 1.54) is 11.1 Å². The average molecular weight is 455 g/mol. The molecule has 0 spiro atoms. The molecule has 1 aliphatic heterocycles. The molecular weight excluding hydrogens is 428 g/mol. The number of hydrogen-bond acceptors (Lipinski definition) is 5. The molecule has 1 fully saturated rings. The fourth-order valence-corrected chi connectivity index (χ4v) is 4.52. The molecule has 0 bridgehead atoms. The first-order chi connectivity index (χ1) is 15.5. The minimum absolute atomic E-state index is 0.267. The molecule has 0 radical (unpaired) electrons. The highest BCUT2D eigenvalue weighted by molar-refractivity contribution is 6.30. The summed E-state index contributed by atoms with van der Waals surface area (Å²) in [6.45, 7) is 5.14. The van der Waals surface area contributed by atoms with Crippen molar-refractivity contribution in [1.82, 2.24) is 9.88 Å². The lowest BCUT2D eigenvalue weighted by Crippen LogP contribution is -2.37. The Morgan fingerprint density at radius 2 is 1.78 bits per heavy atom. The van der Waals surface area contributed by atoms with Gasteiger partial charge < -0.3 is 14.4 Å². The Labute approximate surface area is 193 Å². The van der Waals surface area contributed by atoms with E-state index >= 15 is 0 Å². The van der Waals surface area contributed by atoms with Crippen LogP contribution in [0.3, 0.4) is 0 Å². The van der Waals surface area contributed by atoms with E-state index in [4.69, 9.17) is 26.1 Å². The molecule has 7 heteroatoms. The third-order valence-corrected chi connectivity index (χ3v) is 6.18. The fourth-order valence-electron chi connectivity index (χ4n) is 4.33. The van der Waals surface area contributed by atoms with Crippen LogP contribution in [0.5, 0.6) is 5.88 Å². The SMILES string of the molecule is CCOC(=O)N1CCC(=C2c3ccc(Cl)cc3CCc3ccc(OC(=O)CC)nc32)CC1. The Kier molecular flexibility index (Phi) is 6.80. The maximum Gasteiger partial charge on any atom is 0.409 e. The lowest BCUT2D eigenvalue weighted by molar-refractivity contribution is -0.134. The molecule has 0 atom stereocenters. The van der Waals surface area contributed by atoms with Gasteiger partial charge >= 0.3 is 12.1 Å². The van der Waals surface area contributed by atoms with Gasteiger partial charge in [0.15, 0.2) is 0 Å². The van der Waals surface area contributed by atoms with E-state index in [2.05, 4.69) is 6.07 Å². The predicted molar refractivity (Wildman–Crippen MR) is 123 cm³/mol. The van der Waals surface area contributed by atoms with E-state index in [1.54, 1.807) is 17.9 Å². The van der Waals surface area contributed by atoms with Crippen LogP contribution in [0.4, 0.5) is 4.79 Å². The van der Waals surface area contributed by atoms with Crippen LogP contribution < -0.4 is 4.74 Å². The van der Waals surface area contributed by atoms with Crippen LogP contribution in [0, 0.1) is 0 Å². The molecule has 1 saturated heterocycles. The quantitative estimate of drug-likeness (QED) is 0.596. The van der Waals surface area contributed by atoms with E-state index in [-0.39, 0.29) is 18.5 Å². The van der Waals surface area contributed by atoms with Crippen LogP contribution >= 0.6 is 11.6 Å². The summed E-state index contributed by atoms with van der Waals surface area (Å²) >= 11 is 6.31. The highest BCUT2D eigenvalue weighted by Crippen LogP contribution is 2.39. The number of carbonyl (C=O) groups is 2. The summed E-state index contributed by atoms with van der Waals surface area (Å²) in [6.07, 6.45) is 3.16. The second-order valence-electron chi connectivity index (χ2n) is 7.95. The molecule has 1 aromatic heterocycles. The molecule has 0 saturated carbocycles. The number of likely N-dealkylation sites (tertiary alicyclic amines) is 1. The van der Waals surface area contributed by atoms with Crippen molar-refractivity contribution in [3.05, 3.63) is 63.3 Å². The number of esters is 1. The van der Waals surface area contributed by atoms with Crippen LogP contribution in [-0.2, 0) is 22.4 Å². The largest absolute Gasteiger partial charge is 0.450 e. The lowest BCUT2D eigenvalue weighted by atomic mass is 9.88. The van der Waals surface area contributed by atoms with Crippen LogP contribution in [0.25, 0.3) is 5.57 Å². The van der Waals surface area contributed by atoms with E-state index in [1.807, 2.05) is 25.1 Å². The number of rotatable bonds is 3. The summed E-state index contributed by atoms with van der Waals surface area (Å²) in [5.41, 5.74) is 6.57. The zero-order valence-corrected chi connectivity index (χ0v) is 19.2. The number of fused-ring (bicyclic) bond motifs is 2. The molecular formula is C25H27ClN2O4. The second kappa shape index (κ2) is 9.74. The highest BCUT2D eigenvalue weighted by atomic mass is 35.5. The van der Waals surface area contributed by atoms with E-state index in [0.29, 0.717) is 30.6 Å². The Hall–Kier alpha value is -2.86. The van der Waals surface area contributed by atoms with Crippen molar-refractivity contribution < 1.29 is 19.1 Å². The van der Waals surface area contributed by atoms with Crippen molar-refractivity contribution in [3.63, 3.8) is 0 Å². The first kappa shape index (κ1) is 22.3. The van der Waals surface area contributed by atoms with Gasteiger partial charge in [0.25, 0.3) is 0 Å². The average Bonchev–Trinajstić information content (AvgIpc) is 2.95. The van der Waals surface area contributed by atoms with Gasteiger partial charge in [-0.2, -0.15) is 0 Å². The molecule has 168 valence electrons. The summed E-state index contributed by atoms with van der Waals surface area (Å²) in [7, 11) is 0. The number of hydrogen-bond donors (Lipinski definition) is 0. The van der Waals surface area contributed by atoms with Crippen LogP contribution in [-0.4, -0.2) is 41.6 Å². The number of aromatic nitrogens is 1. The lowest BCUT2D eigenvalue weighted by Gasteiger charge is -2.29. The first-order valence-corrected chi connectivity index (χ1v) is 11.5. The number of ether oxygens (including phenoxy) is 2. The number of aryl methyl sites for hydroxylation is 2. The minimum atomic E-state index is -0.310. The Balaban J connectivity index is 1.78. The zero-order valence-electron chi connectivity index (χ0n) is 18.4. The Morgan fingerprint density at radius 3 is 2.50 bits per heavy atom. The van der Waals surface area contributed by atoms with Gasteiger partial charge in [0.05, 0.1) is 12.3 Å². The number of piperidine rings is 1. The minimum Gasteiger partial charge on any atom is -0.450 e. The van der Waals surface area contributed by atoms with Crippen molar-refractivity contribution in [2.24, 2.45) is 0 Å². The van der Waals surface area contributed by atoms with Gasteiger partial charge in [0.1, 0.15) is 0 Å². The molecule has 0 unspecified atom stereocenters. The smallest absolute Gasteiger partial charge is 0.409 e. The van der Waals surface area contributed by atoms with Crippen LogP contribution in [0.1, 0.15) is 55.5 Å². The molecule has 4 rings (SSSR count). The van der Waals surface area contributed by atoms with Gasteiger partial charge in [-0.25, -0.2) is 9.78 Å². The molecule has 2 aromatic rings. The Bertz CT molecular complexity index is 1070. The van der Waals surface area contributed by atoms with Gasteiger partial charge in [0, 0.05) is 36.2 Å². The van der Waals surface area contributed by atoms with Gasteiger partial charge in [-0.05, 0) is 61.4 Å². The number of benzene rings is 1. The normalized spacial score (nSPS) is 15.5. The van der Waals surface area contributed by atoms with Gasteiger partial charge in [-0.3, -0.25) is 4.79 Å². The topological polar surface area (TPSA) is 68.7 Å². The van der Waals surface area contributed by atoms with Crippen molar-refractivity contribution in [2.45, 2.75) is 46.0 Å².